The number of piperazine rings is 1. The molecule has 1 saturated carbocycles. The van der Waals surface area contributed by atoms with Crippen LogP contribution in [0, 0.1) is 17.2 Å². The van der Waals surface area contributed by atoms with Crippen molar-refractivity contribution in [3.8, 4) is 6.07 Å². The molecule has 0 bridgehead atoms. The van der Waals surface area contributed by atoms with Crippen molar-refractivity contribution < 1.29 is 9.53 Å². The molecule has 6 nitrogen and oxygen atoms in total. The van der Waals surface area contributed by atoms with E-state index >= 15 is 0 Å². The molecule has 3 aliphatic rings. The highest BCUT2D eigenvalue weighted by Gasteiger charge is 2.38. The number of nitriles is 1. The van der Waals surface area contributed by atoms with Gasteiger partial charge in [0.2, 0.25) is 0 Å². The fourth-order valence-electron chi connectivity index (χ4n) is 5.76. The fourth-order valence-corrected chi connectivity index (χ4v) is 5.76. The lowest BCUT2D eigenvalue weighted by molar-refractivity contribution is -0.0405. The predicted molar refractivity (Wildman–Crippen MR) is 142 cm³/mol. The molecule has 2 amide bonds. The third-order valence-electron chi connectivity index (χ3n) is 7.98. The van der Waals surface area contributed by atoms with E-state index in [9.17, 15) is 10.1 Å². The Morgan fingerprint density at radius 2 is 1.94 bits per heavy atom. The summed E-state index contributed by atoms with van der Waals surface area (Å²) in [4.78, 5) is 17.6. The van der Waals surface area contributed by atoms with Gasteiger partial charge in [-0.1, -0.05) is 44.2 Å². The highest BCUT2D eigenvalue weighted by atomic mass is 16.5. The van der Waals surface area contributed by atoms with Gasteiger partial charge in [0.25, 0.3) is 0 Å². The van der Waals surface area contributed by atoms with Gasteiger partial charge in [0, 0.05) is 32.6 Å². The van der Waals surface area contributed by atoms with Crippen LogP contribution in [-0.2, 0) is 24.3 Å². The number of carbonyl (C=O) groups is 1. The summed E-state index contributed by atoms with van der Waals surface area (Å²) in [6.07, 6.45) is 3.19. The Hall–Kier alpha value is -3.04. The maximum atomic E-state index is 13.2. The summed E-state index contributed by atoms with van der Waals surface area (Å²) >= 11 is 0. The molecule has 1 aliphatic carbocycles. The third kappa shape index (κ3) is 4.95. The van der Waals surface area contributed by atoms with Crippen molar-refractivity contribution in [2.75, 3.05) is 24.5 Å². The summed E-state index contributed by atoms with van der Waals surface area (Å²) < 4.78 is 6.16. The van der Waals surface area contributed by atoms with Crippen LogP contribution in [0.2, 0.25) is 0 Å². The second-order valence-electron chi connectivity index (χ2n) is 11.5. The van der Waals surface area contributed by atoms with Gasteiger partial charge in [-0.05, 0) is 66.8 Å². The van der Waals surface area contributed by atoms with Gasteiger partial charge in [0.05, 0.1) is 29.5 Å². The average molecular weight is 487 g/mol. The molecule has 190 valence electrons. The van der Waals surface area contributed by atoms with Crippen LogP contribution in [0.25, 0.3) is 0 Å². The SMILES string of the molecule is CC(C)C1CN(c2cc(C3CC3)c3c(c2C#N)CC(C)(C)OC3)CCN1C(=O)NCc1ccccc1. The highest BCUT2D eigenvalue weighted by Crippen LogP contribution is 2.47. The topological polar surface area (TPSA) is 68.6 Å². The van der Waals surface area contributed by atoms with Crippen molar-refractivity contribution in [1.29, 1.82) is 5.26 Å². The molecule has 2 aromatic carbocycles. The van der Waals surface area contributed by atoms with Gasteiger partial charge in [-0.3, -0.25) is 0 Å². The minimum absolute atomic E-state index is 0.0132. The number of fused-ring (bicyclic) bond motifs is 1. The number of rotatable bonds is 5. The van der Waals surface area contributed by atoms with Gasteiger partial charge in [0.15, 0.2) is 0 Å². The predicted octanol–water partition coefficient (Wildman–Crippen LogP) is 5.34. The van der Waals surface area contributed by atoms with Crippen molar-refractivity contribution in [2.24, 2.45) is 5.92 Å². The first-order valence-electron chi connectivity index (χ1n) is 13.3. The van der Waals surface area contributed by atoms with Crippen LogP contribution < -0.4 is 10.2 Å². The summed E-state index contributed by atoms with van der Waals surface area (Å²) in [5.41, 5.74) is 6.47. The second-order valence-corrected chi connectivity index (χ2v) is 11.5. The van der Waals surface area contributed by atoms with Crippen LogP contribution in [0.5, 0.6) is 0 Å². The minimum atomic E-state index is -0.270. The van der Waals surface area contributed by atoms with Crippen molar-refractivity contribution >= 4 is 11.7 Å². The summed E-state index contributed by atoms with van der Waals surface area (Å²) in [6, 6.07) is 14.9. The van der Waals surface area contributed by atoms with Gasteiger partial charge in [-0.25, -0.2) is 4.79 Å². The molecule has 2 aliphatic heterocycles. The Labute approximate surface area is 215 Å². The van der Waals surface area contributed by atoms with Crippen LogP contribution in [0.4, 0.5) is 10.5 Å². The number of benzene rings is 2. The molecule has 0 radical (unpaired) electrons. The monoisotopic (exact) mass is 486 g/mol. The number of nitrogens with one attached hydrogen (secondary N) is 1. The second kappa shape index (κ2) is 9.78. The Bertz CT molecular complexity index is 1160. The highest BCUT2D eigenvalue weighted by molar-refractivity contribution is 5.75. The van der Waals surface area contributed by atoms with E-state index in [-0.39, 0.29) is 17.7 Å². The van der Waals surface area contributed by atoms with E-state index in [4.69, 9.17) is 4.74 Å². The van der Waals surface area contributed by atoms with E-state index < -0.39 is 0 Å². The summed E-state index contributed by atoms with van der Waals surface area (Å²) in [5.74, 6) is 0.884. The van der Waals surface area contributed by atoms with Crippen molar-refractivity contribution in [1.82, 2.24) is 10.2 Å². The van der Waals surface area contributed by atoms with Gasteiger partial charge < -0.3 is 19.9 Å². The summed E-state index contributed by atoms with van der Waals surface area (Å²) in [6.45, 7) is 11.8. The molecule has 36 heavy (non-hydrogen) atoms. The number of carbonyl (C=O) groups excluding carboxylic acids is 1. The minimum Gasteiger partial charge on any atom is -0.371 e. The number of anilines is 1. The molecule has 5 rings (SSSR count). The fraction of sp³-hybridized carbons (Fsp3) is 0.533. The zero-order valence-electron chi connectivity index (χ0n) is 22.0. The third-order valence-corrected chi connectivity index (χ3v) is 7.98. The Balaban J connectivity index is 1.40. The van der Waals surface area contributed by atoms with Crippen LogP contribution in [0.1, 0.15) is 74.3 Å². The molecular formula is C30H38N4O2. The van der Waals surface area contributed by atoms with E-state index in [1.54, 1.807) is 0 Å². The normalized spacial score (nSPS) is 21.2. The Kier molecular flexibility index (Phi) is 6.70. The number of amides is 2. The van der Waals surface area contributed by atoms with E-state index in [0.717, 1.165) is 36.3 Å². The maximum absolute atomic E-state index is 13.2. The van der Waals surface area contributed by atoms with Gasteiger partial charge in [0.1, 0.15) is 6.07 Å². The Morgan fingerprint density at radius 1 is 1.19 bits per heavy atom. The van der Waals surface area contributed by atoms with Gasteiger partial charge in [-0.2, -0.15) is 5.26 Å². The number of ether oxygens (including phenoxy) is 1. The van der Waals surface area contributed by atoms with E-state index in [1.165, 1.54) is 29.5 Å². The molecule has 1 unspecified atom stereocenters. The molecule has 1 saturated heterocycles. The Morgan fingerprint density at radius 3 is 2.61 bits per heavy atom. The molecule has 0 spiro atoms. The van der Waals surface area contributed by atoms with Crippen LogP contribution in [0.15, 0.2) is 36.4 Å². The van der Waals surface area contributed by atoms with Crippen LogP contribution >= 0.6 is 0 Å². The summed E-state index contributed by atoms with van der Waals surface area (Å²) in [5, 5.41) is 13.4. The average Bonchev–Trinajstić information content (AvgIpc) is 3.71. The number of hydrogen-bond acceptors (Lipinski definition) is 4. The first-order valence-corrected chi connectivity index (χ1v) is 13.3. The number of hydrogen-bond donors (Lipinski definition) is 1. The molecule has 2 fully saturated rings. The molecule has 0 aromatic heterocycles. The number of nitrogens with zero attached hydrogens (tertiary/aromatic N) is 3. The zero-order valence-corrected chi connectivity index (χ0v) is 22.0. The van der Waals surface area contributed by atoms with Crippen molar-refractivity contribution in [2.45, 2.75) is 77.7 Å². The summed E-state index contributed by atoms with van der Waals surface area (Å²) in [7, 11) is 0. The van der Waals surface area contributed by atoms with Crippen molar-refractivity contribution in [3.63, 3.8) is 0 Å². The largest absolute Gasteiger partial charge is 0.371 e. The number of urea groups is 1. The quantitative estimate of drug-likeness (QED) is 0.619. The molecule has 1 atom stereocenters. The zero-order chi connectivity index (χ0) is 25.4. The molecular weight excluding hydrogens is 448 g/mol. The lowest BCUT2D eigenvalue weighted by Crippen LogP contribution is -2.59. The van der Waals surface area contributed by atoms with E-state index in [1.807, 2.05) is 35.2 Å². The van der Waals surface area contributed by atoms with Gasteiger partial charge in [-0.15, -0.1) is 0 Å². The van der Waals surface area contributed by atoms with Crippen LogP contribution in [0.3, 0.4) is 0 Å². The maximum Gasteiger partial charge on any atom is 0.318 e. The lowest BCUT2D eigenvalue weighted by Gasteiger charge is -2.45. The standard InChI is InChI=1S/C30H38N4O2/c1-20(2)28-18-33(12-13-34(28)29(35)32-17-21-8-6-5-7-9-21)27-14-23(22-10-11-22)26-19-36-30(3,4)15-24(26)25(27)16-31/h5-9,14,20,22,28H,10-13,15,17-19H2,1-4H3,(H,32,35). The smallest absolute Gasteiger partial charge is 0.318 e. The molecule has 2 heterocycles. The van der Waals surface area contributed by atoms with Crippen molar-refractivity contribution in [3.05, 3.63) is 64.2 Å². The first kappa shape index (κ1) is 24.6. The molecule has 2 aromatic rings. The van der Waals surface area contributed by atoms with Crippen LogP contribution in [-0.4, -0.2) is 42.2 Å². The lowest BCUT2D eigenvalue weighted by atomic mass is 9.83. The van der Waals surface area contributed by atoms with Gasteiger partial charge >= 0.3 is 6.03 Å². The molecule has 1 N–H and O–H groups in total. The molecule has 6 heteroatoms. The first-order chi connectivity index (χ1) is 17.3. The van der Waals surface area contributed by atoms with E-state index in [2.05, 4.69) is 50.0 Å². The van der Waals surface area contributed by atoms with E-state index in [0.29, 0.717) is 31.5 Å².